The summed E-state index contributed by atoms with van der Waals surface area (Å²) in [4.78, 5) is 5.19. The molecule has 0 aliphatic carbocycles. The van der Waals surface area contributed by atoms with Gasteiger partial charge in [-0.2, -0.15) is 0 Å². The number of fused-ring (bicyclic) bond motifs is 6. The maximum absolute atomic E-state index is 13.5. The Kier molecular flexibility index (Phi) is 9.48. The summed E-state index contributed by atoms with van der Waals surface area (Å²) in [6, 6.07) is 21.7. The predicted molar refractivity (Wildman–Crippen MR) is 191 cm³/mol. The first kappa shape index (κ1) is 34.6. The fourth-order valence-corrected chi connectivity index (χ4v) is 10.8. The molecular weight excluding hydrogens is 679 g/mol. The molecule has 2 fully saturated rings. The van der Waals surface area contributed by atoms with Gasteiger partial charge < -0.3 is 20.4 Å². The van der Waals surface area contributed by atoms with E-state index in [0.29, 0.717) is 23.9 Å². The van der Waals surface area contributed by atoms with Crippen molar-refractivity contribution in [3.05, 3.63) is 108 Å². The number of sulfone groups is 2. The van der Waals surface area contributed by atoms with Crippen LogP contribution >= 0.6 is 0 Å². The fourth-order valence-electron chi connectivity index (χ4n) is 8.22. The highest BCUT2D eigenvalue weighted by atomic mass is 32.2. The van der Waals surface area contributed by atoms with Gasteiger partial charge in [-0.1, -0.05) is 6.07 Å². The normalized spacial score (nSPS) is 23.0. The highest BCUT2D eigenvalue weighted by molar-refractivity contribution is 7.91. The van der Waals surface area contributed by atoms with Crippen LogP contribution in [-0.2, 0) is 19.7 Å². The molecule has 0 saturated carbocycles. The van der Waals surface area contributed by atoms with E-state index in [0.717, 1.165) is 80.4 Å². The summed E-state index contributed by atoms with van der Waals surface area (Å²) in [5.74, 6) is -0.309. The molecule has 8 nitrogen and oxygen atoms in total. The van der Waals surface area contributed by atoms with Crippen LogP contribution in [0.1, 0.15) is 48.6 Å². The molecule has 12 heteroatoms. The van der Waals surface area contributed by atoms with Gasteiger partial charge in [-0.25, -0.2) is 25.6 Å². The van der Waals surface area contributed by atoms with E-state index in [1.165, 1.54) is 42.5 Å². The van der Waals surface area contributed by atoms with Crippen LogP contribution in [0.15, 0.2) is 105 Å². The molecule has 0 aromatic heterocycles. The number of likely N-dealkylation sites (N-methyl/N-ethyl adjacent to an activating group) is 2. The van der Waals surface area contributed by atoms with Gasteiger partial charge in [0.15, 0.2) is 0 Å². The minimum Gasteiger partial charge on any atom is -0.371 e. The van der Waals surface area contributed by atoms with Gasteiger partial charge in [0.1, 0.15) is 11.6 Å². The third-order valence-electron chi connectivity index (χ3n) is 10.8. The Labute approximate surface area is 293 Å². The molecular formula is C38H42F2N4O4S2. The van der Waals surface area contributed by atoms with E-state index in [-0.39, 0.29) is 19.6 Å². The average molecular weight is 721 g/mol. The van der Waals surface area contributed by atoms with Gasteiger partial charge in [-0.15, -0.1) is 0 Å². The lowest BCUT2D eigenvalue weighted by Crippen LogP contribution is -2.30. The largest absolute Gasteiger partial charge is 0.371 e. The Bertz CT molecular complexity index is 2110. The summed E-state index contributed by atoms with van der Waals surface area (Å²) in [5, 5.41) is 6.84. The number of anilines is 2. The van der Waals surface area contributed by atoms with Crippen molar-refractivity contribution in [2.24, 2.45) is 0 Å². The molecule has 4 aromatic rings. The lowest BCUT2D eigenvalue weighted by molar-refractivity contribution is 0.531. The summed E-state index contributed by atoms with van der Waals surface area (Å²) >= 11 is 0. The van der Waals surface area contributed by atoms with E-state index in [1.807, 2.05) is 18.2 Å². The van der Waals surface area contributed by atoms with Gasteiger partial charge in [-0.3, -0.25) is 0 Å². The number of hydrogen-bond donors (Lipinski definition) is 2. The second-order valence-electron chi connectivity index (χ2n) is 13.6. The van der Waals surface area contributed by atoms with Crippen molar-refractivity contribution in [2.45, 2.75) is 69.2 Å². The van der Waals surface area contributed by atoms with Crippen molar-refractivity contribution in [3.63, 3.8) is 0 Å². The smallest absolute Gasteiger partial charge is 0.206 e. The van der Waals surface area contributed by atoms with Crippen molar-refractivity contribution in [3.8, 4) is 0 Å². The second-order valence-corrected chi connectivity index (χ2v) is 17.5. The third kappa shape index (κ3) is 6.31. The minimum absolute atomic E-state index is 0.00196. The summed E-state index contributed by atoms with van der Waals surface area (Å²) < 4.78 is 78.2. The summed E-state index contributed by atoms with van der Waals surface area (Å²) in [5.41, 5.74) is 4.43. The molecule has 4 heterocycles. The first-order chi connectivity index (χ1) is 24.0. The van der Waals surface area contributed by atoms with Crippen LogP contribution in [0.25, 0.3) is 0 Å². The first-order valence-electron chi connectivity index (χ1n) is 17.1. The van der Waals surface area contributed by atoms with Gasteiger partial charge >= 0.3 is 0 Å². The van der Waals surface area contributed by atoms with Crippen LogP contribution in [0, 0.1) is 11.6 Å². The zero-order valence-electron chi connectivity index (χ0n) is 28.1. The van der Waals surface area contributed by atoms with E-state index < -0.39 is 31.3 Å². The van der Waals surface area contributed by atoms with Crippen LogP contribution in [0.5, 0.6) is 0 Å². The number of nitrogens with one attached hydrogen (secondary N) is 2. The zero-order chi connectivity index (χ0) is 35.2. The molecule has 8 rings (SSSR count). The minimum atomic E-state index is -3.72. The maximum atomic E-state index is 13.5. The highest BCUT2D eigenvalue weighted by Crippen LogP contribution is 2.46. The Morgan fingerprint density at radius 1 is 0.540 bits per heavy atom. The van der Waals surface area contributed by atoms with Crippen LogP contribution in [-0.4, -0.2) is 69.2 Å². The maximum Gasteiger partial charge on any atom is 0.206 e. The van der Waals surface area contributed by atoms with E-state index in [2.05, 4.69) is 34.5 Å². The molecule has 4 atom stereocenters. The molecule has 2 saturated heterocycles. The van der Waals surface area contributed by atoms with Gasteiger partial charge in [0.2, 0.25) is 19.7 Å². The van der Waals surface area contributed by atoms with E-state index in [9.17, 15) is 25.6 Å². The highest BCUT2D eigenvalue weighted by Gasteiger charge is 2.39. The van der Waals surface area contributed by atoms with Crippen LogP contribution in [0.2, 0.25) is 0 Å². The van der Waals surface area contributed by atoms with Crippen LogP contribution in [0.3, 0.4) is 0 Å². The third-order valence-corrected chi connectivity index (χ3v) is 14.3. The van der Waals surface area contributed by atoms with Crippen molar-refractivity contribution >= 4 is 31.0 Å². The number of hydrogen-bond acceptors (Lipinski definition) is 8. The lowest BCUT2D eigenvalue weighted by atomic mass is 9.91. The van der Waals surface area contributed by atoms with Crippen molar-refractivity contribution in [2.75, 3.05) is 50.1 Å². The lowest BCUT2D eigenvalue weighted by Gasteiger charge is -2.24. The molecule has 2 N–H and O–H groups in total. The number of nitrogens with zero attached hydrogens (tertiary/aromatic N) is 2. The number of halogens is 2. The topological polar surface area (TPSA) is 98.8 Å². The molecule has 264 valence electrons. The van der Waals surface area contributed by atoms with Crippen LogP contribution < -0.4 is 20.4 Å². The molecule has 4 aromatic carbocycles. The van der Waals surface area contributed by atoms with Gasteiger partial charge in [0.05, 0.1) is 19.6 Å². The zero-order valence-corrected chi connectivity index (χ0v) is 29.8. The molecule has 0 spiro atoms. The Morgan fingerprint density at radius 2 is 0.980 bits per heavy atom. The Morgan fingerprint density at radius 3 is 1.48 bits per heavy atom. The SMILES string of the molecule is CN1c2ccc(S(=O)(=O)c3ccc(F)cc3)cc2[C@@H]2CCNCC[C@H]21.CN1c2ccc(S(=O)(=O)c3cccc(F)c3)cc2[C@@H]2CCNCC[C@H]21. The van der Waals surface area contributed by atoms with Gasteiger partial charge in [-0.05, 0) is 142 Å². The molecule has 0 bridgehead atoms. The summed E-state index contributed by atoms with van der Waals surface area (Å²) in [6.07, 6.45) is 4.09. The Hall–Kier alpha value is -3.84. The van der Waals surface area contributed by atoms with Crippen molar-refractivity contribution < 1.29 is 25.6 Å². The number of rotatable bonds is 4. The standard InChI is InChI=1S/2C19H21FN2O2S/c1-22-18-7-6-15(25(23,24)14-4-2-13(20)3-5-14)12-17(18)16-8-10-21-11-9-19(16)22;1-22-18-6-5-15(25(23,24)14-4-2-3-13(20)11-14)12-17(18)16-7-9-21-10-8-19(16)22/h2-7,12,16,19,21H,8-11H2,1H3;2-6,11-12,16,19,21H,7-10H2,1H3/t2*16-,19+/m00/s1. The van der Waals surface area contributed by atoms with Gasteiger partial charge in [0.25, 0.3) is 0 Å². The first-order valence-corrected chi connectivity index (χ1v) is 20.1. The molecule has 50 heavy (non-hydrogen) atoms. The Balaban J connectivity index is 0.000000157. The molecule has 4 aliphatic heterocycles. The van der Waals surface area contributed by atoms with Crippen LogP contribution in [0.4, 0.5) is 20.2 Å². The van der Waals surface area contributed by atoms with E-state index in [4.69, 9.17) is 0 Å². The van der Waals surface area contributed by atoms with Gasteiger partial charge in [0, 0.05) is 49.4 Å². The second kappa shape index (κ2) is 13.7. The molecule has 4 aliphatic rings. The molecule has 0 unspecified atom stereocenters. The average Bonchev–Trinajstić information content (AvgIpc) is 3.32. The molecule has 0 radical (unpaired) electrons. The van der Waals surface area contributed by atoms with Crippen molar-refractivity contribution in [1.82, 2.24) is 10.6 Å². The summed E-state index contributed by atoms with van der Waals surface area (Å²) in [7, 11) is -3.20. The van der Waals surface area contributed by atoms with E-state index >= 15 is 0 Å². The van der Waals surface area contributed by atoms with Crippen molar-refractivity contribution in [1.29, 1.82) is 0 Å². The monoisotopic (exact) mass is 720 g/mol. The molecule has 0 amide bonds. The fraction of sp³-hybridized carbons (Fsp3) is 0.368. The quantitative estimate of drug-likeness (QED) is 0.252. The summed E-state index contributed by atoms with van der Waals surface area (Å²) in [6.45, 7) is 3.85. The van der Waals surface area contributed by atoms with E-state index in [1.54, 1.807) is 18.2 Å². The predicted octanol–water partition coefficient (Wildman–Crippen LogP) is 5.89. The number of benzene rings is 4.